The Morgan fingerprint density at radius 1 is 0.846 bits per heavy atom. The Kier molecular flexibility index (Phi) is 12.8. The zero-order valence-electron chi connectivity index (χ0n) is 29.0. The molecule has 4 aromatic carbocycles. The van der Waals surface area contributed by atoms with E-state index in [0.717, 1.165) is 21.9 Å². The van der Waals surface area contributed by atoms with E-state index in [1.165, 1.54) is 24.0 Å². The molecule has 0 aromatic heterocycles. The van der Waals surface area contributed by atoms with E-state index in [1.54, 1.807) is 12.1 Å². The van der Waals surface area contributed by atoms with Gasteiger partial charge in [-0.1, -0.05) is 78.9 Å². The molecule has 1 heterocycles. The van der Waals surface area contributed by atoms with Crippen LogP contribution in [0.4, 0.5) is 0 Å². The molecule has 1 aliphatic heterocycles. The predicted octanol–water partition coefficient (Wildman–Crippen LogP) is 1.90. The van der Waals surface area contributed by atoms with Crippen LogP contribution in [0.1, 0.15) is 30.0 Å². The topological polar surface area (TPSA) is 201 Å². The van der Waals surface area contributed by atoms with Gasteiger partial charge in [-0.3, -0.25) is 24.2 Å². The highest BCUT2D eigenvalue weighted by Gasteiger charge is 2.43. The van der Waals surface area contributed by atoms with Gasteiger partial charge in [0.15, 0.2) is 5.96 Å². The molecular formula is C39H45N7O6. The number of phenolic OH excluding ortho intramolecular Hbond substituents is 1. The quantitative estimate of drug-likeness (QED) is 0.0611. The van der Waals surface area contributed by atoms with Crippen LogP contribution in [0.2, 0.25) is 0 Å². The monoisotopic (exact) mass is 707 g/mol. The summed E-state index contributed by atoms with van der Waals surface area (Å²) in [6, 6.07) is 26.6. The summed E-state index contributed by atoms with van der Waals surface area (Å²) < 4.78 is 6.31. The smallest absolute Gasteiger partial charge is 0.246 e. The number of phenols is 1. The molecule has 1 saturated heterocycles. The molecule has 0 unspecified atom stereocenters. The number of hydrogen-bond acceptors (Lipinski definition) is 7. The minimum Gasteiger partial charge on any atom is -0.508 e. The molecule has 0 saturated carbocycles. The first-order chi connectivity index (χ1) is 25.0. The van der Waals surface area contributed by atoms with Gasteiger partial charge in [-0.2, -0.15) is 0 Å². The summed E-state index contributed by atoms with van der Waals surface area (Å²) in [4.78, 5) is 59.5. The molecule has 52 heavy (non-hydrogen) atoms. The number of aliphatic imine (C=N–C) groups is 1. The van der Waals surface area contributed by atoms with E-state index in [1.807, 2.05) is 66.7 Å². The number of nitrogens with one attached hydrogen (secondary N) is 3. The van der Waals surface area contributed by atoms with Gasteiger partial charge in [0.05, 0.1) is 19.3 Å². The van der Waals surface area contributed by atoms with Crippen LogP contribution in [-0.4, -0.2) is 83.5 Å². The highest BCUT2D eigenvalue weighted by molar-refractivity contribution is 5.95. The first-order valence-electron chi connectivity index (χ1n) is 17.2. The molecular weight excluding hydrogens is 662 g/mol. The summed E-state index contributed by atoms with van der Waals surface area (Å²) in [7, 11) is 0. The SMILES string of the molecule is CC(=O)N[C@H](Cc1ccc(O)cc1)C(=O)N[C@H](Cc1ccccc1)C(=O)N1C[C@H](OCc2ccc3ccccc3c2)C[C@@H]1C(=O)NCCN=C(N)N. The van der Waals surface area contributed by atoms with Crippen molar-refractivity contribution in [3.05, 3.63) is 114 Å². The van der Waals surface area contributed by atoms with Gasteiger partial charge in [-0.15, -0.1) is 0 Å². The first-order valence-corrected chi connectivity index (χ1v) is 17.2. The molecule has 0 radical (unpaired) electrons. The van der Waals surface area contributed by atoms with Crippen LogP contribution in [0.3, 0.4) is 0 Å². The van der Waals surface area contributed by atoms with Gasteiger partial charge in [0.25, 0.3) is 0 Å². The summed E-state index contributed by atoms with van der Waals surface area (Å²) in [5, 5.41) is 20.3. The van der Waals surface area contributed by atoms with E-state index in [2.05, 4.69) is 27.0 Å². The first kappa shape index (κ1) is 37.3. The van der Waals surface area contributed by atoms with Crippen molar-refractivity contribution >= 4 is 40.4 Å². The van der Waals surface area contributed by atoms with Crippen molar-refractivity contribution in [3.63, 3.8) is 0 Å². The van der Waals surface area contributed by atoms with Gasteiger partial charge in [0.2, 0.25) is 23.6 Å². The van der Waals surface area contributed by atoms with Crippen LogP contribution in [0.25, 0.3) is 10.8 Å². The number of nitrogens with zero attached hydrogens (tertiary/aromatic N) is 2. The lowest BCUT2D eigenvalue weighted by Crippen LogP contribution is -2.57. The number of carbonyl (C=O) groups excluding carboxylic acids is 4. The van der Waals surface area contributed by atoms with E-state index in [-0.39, 0.29) is 57.2 Å². The van der Waals surface area contributed by atoms with Crippen molar-refractivity contribution in [1.82, 2.24) is 20.9 Å². The Hall–Kier alpha value is -5.95. The molecule has 0 aliphatic carbocycles. The Labute approximate surface area is 302 Å². The minimum absolute atomic E-state index is 0.0674. The molecule has 4 amide bonds. The van der Waals surface area contributed by atoms with Gasteiger partial charge < -0.3 is 42.2 Å². The number of guanidine groups is 1. The molecule has 13 heteroatoms. The molecule has 4 aromatic rings. The number of likely N-dealkylation sites (tertiary alicyclic amines) is 1. The van der Waals surface area contributed by atoms with Gasteiger partial charge in [-0.25, -0.2) is 0 Å². The second-order valence-corrected chi connectivity index (χ2v) is 12.8. The third kappa shape index (κ3) is 10.5. The molecule has 5 rings (SSSR count). The van der Waals surface area contributed by atoms with Crippen molar-refractivity contribution in [2.24, 2.45) is 16.5 Å². The van der Waals surface area contributed by atoms with Crippen molar-refractivity contribution in [3.8, 4) is 5.75 Å². The summed E-state index contributed by atoms with van der Waals surface area (Å²) in [5.41, 5.74) is 13.3. The van der Waals surface area contributed by atoms with Crippen molar-refractivity contribution in [2.75, 3.05) is 19.6 Å². The molecule has 4 atom stereocenters. The van der Waals surface area contributed by atoms with E-state index in [0.29, 0.717) is 5.56 Å². The maximum Gasteiger partial charge on any atom is 0.246 e. The van der Waals surface area contributed by atoms with Crippen LogP contribution in [0.5, 0.6) is 5.75 Å². The van der Waals surface area contributed by atoms with Crippen LogP contribution < -0.4 is 27.4 Å². The number of carbonyl (C=O) groups is 4. The largest absolute Gasteiger partial charge is 0.508 e. The summed E-state index contributed by atoms with van der Waals surface area (Å²) in [5.74, 6) is -1.89. The van der Waals surface area contributed by atoms with Crippen molar-refractivity contribution in [1.29, 1.82) is 0 Å². The van der Waals surface area contributed by atoms with Gasteiger partial charge in [-0.05, 0) is 45.7 Å². The molecule has 0 spiro atoms. The Morgan fingerprint density at radius 2 is 1.50 bits per heavy atom. The number of hydrogen-bond donors (Lipinski definition) is 6. The third-order valence-corrected chi connectivity index (χ3v) is 8.82. The number of nitrogens with two attached hydrogens (primary N) is 2. The zero-order chi connectivity index (χ0) is 37.0. The normalized spacial score (nSPS) is 16.4. The standard InChI is InChI=1S/C39H45N7O6/c1-25(47)44-33(20-27-12-15-31(48)16-13-27)36(49)45-34(21-26-7-3-2-4-8-26)38(51)46-23-32(22-35(46)37(50)42-17-18-43-39(40)41)52-24-28-11-14-29-9-5-6-10-30(29)19-28/h2-16,19,32-35,48H,17-18,20-24H2,1H3,(H,42,50)(H,44,47)(H,45,49)(H4,40,41,43)/t32-,33-,34-,35-/m1/s1. The summed E-state index contributed by atoms with van der Waals surface area (Å²) in [6.07, 6.45) is 0.00994. The van der Waals surface area contributed by atoms with Gasteiger partial charge in [0, 0.05) is 39.3 Å². The highest BCUT2D eigenvalue weighted by Crippen LogP contribution is 2.25. The van der Waals surface area contributed by atoms with Crippen LogP contribution in [0.15, 0.2) is 102 Å². The third-order valence-electron chi connectivity index (χ3n) is 8.82. The van der Waals surface area contributed by atoms with Crippen LogP contribution >= 0.6 is 0 Å². The van der Waals surface area contributed by atoms with Crippen LogP contribution in [-0.2, 0) is 43.4 Å². The predicted molar refractivity (Wildman–Crippen MR) is 198 cm³/mol. The number of aromatic hydroxyl groups is 1. The summed E-state index contributed by atoms with van der Waals surface area (Å²) >= 11 is 0. The molecule has 1 aliphatic rings. The number of ether oxygens (including phenoxy) is 1. The average Bonchev–Trinajstić information content (AvgIpc) is 3.57. The number of amides is 4. The maximum absolute atomic E-state index is 14.5. The lowest BCUT2D eigenvalue weighted by atomic mass is 10.0. The van der Waals surface area contributed by atoms with E-state index in [4.69, 9.17) is 16.2 Å². The van der Waals surface area contributed by atoms with E-state index >= 15 is 0 Å². The fraction of sp³-hybridized carbons (Fsp3) is 0.308. The summed E-state index contributed by atoms with van der Waals surface area (Å²) in [6.45, 7) is 2.01. The van der Waals surface area contributed by atoms with Crippen LogP contribution in [0, 0.1) is 0 Å². The lowest BCUT2D eigenvalue weighted by Gasteiger charge is -2.30. The fourth-order valence-corrected chi connectivity index (χ4v) is 6.28. The molecule has 13 nitrogen and oxygen atoms in total. The fourth-order valence-electron chi connectivity index (χ4n) is 6.28. The Balaban J connectivity index is 1.37. The number of benzene rings is 4. The Bertz CT molecular complexity index is 1880. The minimum atomic E-state index is -1.08. The van der Waals surface area contributed by atoms with E-state index in [9.17, 15) is 24.3 Å². The lowest BCUT2D eigenvalue weighted by molar-refractivity contribution is -0.142. The van der Waals surface area contributed by atoms with E-state index < -0.39 is 47.9 Å². The number of fused-ring (bicyclic) bond motifs is 1. The molecule has 1 fully saturated rings. The molecule has 0 bridgehead atoms. The van der Waals surface area contributed by atoms with Gasteiger partial charge >= 0.3 is 0 Å². The number of rotatable bonds is 15. The second-order valence-electron chi connectivity index (χ2n) is 12.8. The maximum atomic E-state index is 14.5. The zero-order valence-corrected chi connectivity index (χ0v) is 29.0. The highest BCUT2D eigenvalue weighted by atomic mass is 16.5. The molecule has 8 N–H and O–H groups in total. The van der Waals surface area contributed by atoms with Crippen molar-refractivity contribution < 1.29 is 29.0 Å². The average molecular weight is 708 g/mol. The molecule has 272 valence electrons. The second kappa shape index (κ2) is 17.8. The van der Waals surface area contributed by atoms with Crippen molar-refractivity contribution in [2.45, 2.75) is 57.0 Å². The Morgan fingerprint density at radius 3 is 2.21 bits per heavy atom. The van der Waals surface area contributed by atoms with Gasteiger partial charge in [0.1, 0.15) is 23.9 Å².